The molecule has 0 amide bonds. The van der Waals surface area contributed by atoms with Crippen molar-refractivity contribution in [2.24, 2.45) is 0 Å². The second-order valence-corrected chi connectivity index (χ2v) is 17.5. The van der Waals surface area contributed by atoms with Crippen LogP contribution in [0.15, 0.2) is 224 Å². The van der Waals surface area contributed by atoms with Crippen molar-refractivity contribution in [1.82, 2.24) is 0 Å². The minimum atomic E-state index is 0.782. The summed E-state index contributed by atoms with van der Waals surface area (Å²) in [6.07, 6.45) is 0. The molecule has 0 atom stereocenters. The van der Waals surface area contributed by atoms with E-state index in [0.717, 1.165) is 121 Å². The molecule has 0 aliphatic heterocycles. The maximum atomic E-state index is 6.95. The number of hydrogen-bond donors (Lipinski definition) is 0. The van der Waals surface area contributed by atoms with Gasteiger partial charge in [0.1, 0.15) is 44.7 Å². The van der Waals surface area contributed by atoms with Gasteiger partial charge in [-0.05, 0) is 91.3 Å². The van der Waals surface area contributed by atoms with Crippen molar-refractivity contribution in [1.29, 1.82) is 0 Å². The highest BCUT2D eigenvalue weighted by Gasteiger charge is 2.25. The van der Waals surface area contributed by atoms with Crippen molar-refractivity contribution in [3.63, 3.8) is 0 Å². The predicted octanol–water partition coefficient (Wildman–Crippen LogP) is 18.3. The minimum absolute atomic E-state index is 0.782. The van der Waals surface area contributed by atoms with E-state index in [4.69, 9.17) is 17.7 Å². The standard InChI is InChI=1S/C62H34O4/c1-3-15-41-35(11-1)13-9-19-43(41)37-23-27-39(28-24-37)47-31-55-57(59-45-17-5-7-21-51(45)65-61(47)59)49-33-54-50(34-53(49)63-55)58-56(64-54)32-48(62-60(58)46-18-6-8-22-52(46)66-62)40-29-25-38(26-30-40)44-20-10-14-36-12-2-4-16-42(36)44/h1-34H. The molecule has 11 aromatic carbocycles. The first-order valence-electron chi connectivity index (χ1n) is 22.4. The van der Waals surface area contributed by atoms with Gasteiger partial charge in [0.05, 0.1) is 0 Å². The van der Waals surface area contributed by atoms with Crippen LogP contribution in [0.5, 0.6) is 0 Å². The zero-order valence-corrected chi connectivity index (χ0v) is 35.3. The average Bonchev–Trinajstić information content (AvgIpc) is 4.14. The Kier molecular flexibility index (Phi) is 7.19. The summed E-state index contributed by atoms with van der Waals surface area (Å²) < 4.78 is 27.5. The van der Waals surface area contributed by atoms with E-state index in [-0.39, 0.29) is 0 Å². The molecule has 0 saturated heterocycles. The van der Waals surface area contributed by atoms with E-state index in [1.54, 1.807) is 0 Å². The van der Waals surface area contributed by atoms with E-state index >= 15 is 0 Å². The lowest BCUT2D eigenvalue weighted by Crippen LogP contribution is -1.84. The van der Waals surface area contributed by atoms with Crippen LogP contribution in [0, 0.1) is 0 Å². The van der Waals surface area contributed by atoms with Crippen molar-refractivity contribution in [3.8, 4) is 44.5 Å². The Labute approximate surface area is 376 Å². The Morgan fingerprint density at radius 2 is 0.576 bits per heavy atom. The first-order chi connectivity index (χ1) is 32.7. The molecular formula is C62H34O4. The maximum absolute atomic E-state index is 6.95. The van der Waals surface area contributed by atoms with Gasteiger partial charge < -0.3 is 17.7 Å². The zero-order chi connectivity index (χ0) is 43.0. The molecule has 15 aromatic rings. The molecule has 0 aliphatic carbocycles. The summed E-state index contributed by atoms with van der Waals surface area (Å²) in [7, 11) is 0. The molecule has 0 spiro atoms. The lowest BCUT2D eigenvalue weighted by Gasteiger charge is -2.09. The third-order valence-electron chi connectivity index (χ3n) is 13.9. The van der Waals surface area contributed by atoms with Crippen molar-refractivity contribution in [2.75, 3.05) is 0 Å². The van der Waals surface area contributed by atoms with Gasteiger partial charge in [0.2, 0.25) is 0 Å². The number of hydrogen-bond acceptors (Lipinski definition) is 4. The maximum Gasteiger partial charge on any atom is 0.144 e. The number of rotatable bonds is 4. The zero-order valence-electron chi connectivity index (χ0n) is 35.3. The lowest BCUT2D eigenvalue weighted by molar-refractivity contribution is 0.661. The summed E-state index contributed by atoms with van der Waals surface area (Å²) in [5.41, 5.74) is 15.3. The fourth-order valence-electron chi connectivity index (χ4n) is 10.8. The monoisotopic (exact) mass is 842 g/mol. The number of benzene rings is 11. The molecule has 4 nitrogen and oxygen atoms in total. The second-order valence-electron chi connectivity index (χ2n) is 17.5. The second kappa shape index (κ2) is 13.3. The number of para-hydroxylation sites is 2. The molecule has 0 radical (unpaired) electrons. The number of furan rings is 4. The largest absolute Gasteiger partial charge is 0.456 e. The Hall–Kier alpha value is -8.86. The average molecular weight is 843 g/mol. The summed E-state index contributed by atoms with van der Waals surface area (Å²) in [6, 6.07) is 72.9. The van der Waals surface area contributed by atoms with Gasteiger partial charge in [0.25, 0.3) is 0 Å². The molecule has 0 saturated carbocycles. The van der Waals surface area contributed by atoms with E-state index in [1.165, 1.54) is 32.7 Å². The van der Waals surface area contributed by atoms with Crippen LogP contribution in [0.1, 0.15) is 0 Å². The van der Waals surface area contributed by atoms with Gasteiger partial charge in [-0.15, -0.1) is 0 Å². The van der Waals surface area contributed by atoms with E-state index in [9.17, 15) is 0 Å². The SMILES string of the molecule is c1ccc2c(-c3ccc(-c4cc5oc6cc7c(cc6c5c5c4oc4ccccc45)oc4cc(-c5ccc(-c6cccc8ccccc68)cc5)c5oc6ccccc6c5c47)cc3)cccc2c1. The molecule has 4 heteroatoms. The quantitative estimate of drug-likeness (QED) is 0.177. The van der Waals surface area contributed by atoms with Crippen LogP contribution >= 0.6 is 0 Å². The molecule has 15 rings (SSSR count). The molecule has 66 heavy (non-hydrogen) atoms. The first-order valence-corrected chi connectivity index (χ1v) is 22.4. The van der Waals surface area contributed by atoms with Crippen molar-refractivity contribution in [2.45, 2.75) is 0 Å². The van der Waals surface area contributed by atoms with Crippen LogP contribution in [-0.4, -0.2) is 0 Å². The van der Waals surface area contributed by atoms with E-state index in [1.807, 2.05) is 24.3 Å². The Morgan fingerprint density at radius 3 is 1.02 bits per heavy atom. The molecule has 0 bridgehead atoms. The predicted molar refractivity (Wildman–Crippen MR) is 272 cm³/mol. The van der Waals surface area contributed by atoms with E-state index in [2.05, 4.69) is 182 Å². The smallest absolute Gasteiger partial charge is 0.144 e. The first kappa shape index (κ1) is 35.6. The van der Waals surface area contributed by atoms with Crippen LogP contribution in [0.25, 0.3) is 154 Å². The van der Waals surface area contributed by atoms with Crippen molar-refractivity contribution < 1.29 is 17.7 Å². The van der Waals surface area contributed by atoms with Crippen LogP contribution in [0.3, 0.4) is 0 Å². The van der Waals surface area contributed by atoms with Gasteiger partial charge in [0, 0.05) is 54.2 Å². The molecule has 4 aromatic heterocycles. The Balaban J connectivity index is 0.927. The van der Waals surface area contributed by atoms with Gasteiger partial charge in [-0.2, -0.15) is 0 Å². The number of fused-ring (bicyclic) bond motifs is 16. The summed E-state index contributed by atoms with van der Waals surface area (Å²) in [5.74, 6) is 0. The summed E-state index contributed by atoms with van der Waals surface area (Å²) in [4.78, 5) is 0. The molecule has 0 unspecified atom stereocenters. The van der Waals surface area contributed by atoms with Crippen LogP contribution in [0.2, 0.25) is 0 Å². The van der Waals surface area contributed by atoms with Gasteiger partial charge in [-0.1, -0.05) is 170 Å². The van der Waals surface area contributed by atoms with Crippen LogP contribution in [0.4, 0.5) is 0 Å². The molecule has 306 valence electrons. The Bertz CT molecular complexity index is 4200. The third kappa shape index (κ3) is 5.04. The van der Waals surface area contributed by atoms with Crippen LogP contribution < -0.4 is 0 Å². The lowest BCUT2D eigenvalue weighted by atomic mass is 9.94. The van der Waals surface area contributed by atoms with Gasteiger partial charge in [-0.25, -0.2) is 0 Å². The highest BCUT2D eigenvalue weighted by molar-refractivity contribution is 6.32. The summed E-state index contributed by atoms with van der Waals surface area (Å²) in [5, 5.41) is 13.0. The van der Waals surface area contributed by atoms with Gasteiger partial charge >= 0.3 is 0 Å². The van der Waals surface area contributed by atoms with Gasteiger partial charge in [0.15, 0.2) is 0 Å². The van der Waals surface area contributed by atoms with Crippen molar-refractivity contribution in [3.05, 3.63) is 206 Å². The third-order valence-corrected chi connectivity index (χ3v) is 13.9. The Morgan fingerprint density at radius 1 is 0.212 bits per heavy atom. The van der Waals surface area contributed by atoms with Crippen molar-refractivity contribution >= 4 is 109 Å². The molecular weight excluding hydrogens is 809 g/mol. The highest BCUT2D eigenvalue weighted by atomic mass is 16.3. The summed E-state index contributed by atoms with van der Waals surface area (Å²) >= 11 is 0. The van der Waals surface area contributed by atoms with E-state index in [0.29, 0.717) is 0 Å². The topological polar surface area (TPSA) is 52.6 Å². The molecule has 0 N–H and O–H groups in total. The fourth-order valence-corrected chi connectivity index (χ4v) is 10.8. The minimum Gasteiger partial charge on any atom is -0.456 e. The highest BCUT2D eigenvalue weighted by Crippen LogP contribution is 2.49. The molecule has 0 aliphatic rings. The summed E-state index contributed by atoms with van der Waals surface area (Å²) in [6.45, 7) is 0. The van der Waals surface area contributed by atoms with Crippen LogP contribution in [-0.2, 0) is 0 Å². The molecule has 0 fully saturated rings. The van der Waals surface area contributed by atoms with E-state index < -0.39 is 0 Å². The fraction of sp³-hybridized carbons (Fsp3) is 0. The normalized spacial score (nSPS) is 12.2. The molecule has 4 heterocycles. The van der Waals surface area contributed by atoms with Gasteiger partial charge in [-0.3, -0.25) is 0 Å².